The van der Waals surface area contributed by atoms with Crippen molar-refractivity contribution in [1.82, 2.24) is 10.2 Å². The number of nitrogens with one attached hydrogen (secondary N) is 1. The molecular weight excluding hydrogens is 417 g/mol. The van der Waals surface area contributed by atoms with Crippen molar-refractivity contribution >= 4 is 17.7 Å². The lowest BCUT2D eigenvalue weighted by molar-refractivity contribution is -0.387. The summed E-state index contributed by atoms with van der Waals surface area (Å²) in [7, 11) is 0. The molecular formula is C23H24FN3O5. The van der Waals surface area contributed by atoms with E-state index in [2.05, 4.69) is 5.32 Å². The van der Waals surface area contributed by atoms with Gasteiger partial charge in [0, 0.05) is 12.0 Å². The summed E-state index contributed by atoms with van der Waals surface area (Å²) in [6.45, 7) is 1.47. The number of nitro benzene ring substituents is 1. The number of hydrogen-bond donors (Lipinski definition) is 1. The summed E-state index contributed by atoms with van der Waals surface area (Å²) in [4.78, 5) is 37.7. The summed E-state index contributed by atoms with van der Waals surface area (Å²) in [5, 5.41) is 14.4. The molecule has 1 N–H and O–H groups in total. The number of halogens is 1. The van der Waals surface area contributed by atoms with Crippen LogP contribution in [0.1, 0.15) is 17.5 Å². The van der Waals surface area contributed by atoms with Crippen LogP contribution in [-0.4, -0.2) is 47.6 Å². The number of amides is 2. The van der Waals surface area contributed by atoms with Gasteiger partial charge in [-0.3, -0.25) is 14.9 Å². The second kappa shape index (κ2) is 9.44. The molecule has 2 fully saturated rings. The van der Waals surface area contributed by atoms with Gasteiger partial charge in [0.05, 0.1) is 11.0 Å². The van der Waals surface area contributed by atoms with Crippen LogP contribution in [0, 0.1) is 27.8 Å². The summed E-state index contributed by atoms with van der Waals surface area (Å²) in [5.74, 6) is -1.90. The van der Waals surface area contributed by atoms with Gasteiger partial charge in [-0.1, -0.05) is 36.4 Å². The van der Waals surface area contributed by atoms with Crippen LogP contribution in [0.4, 0.5) is 14.9 Å². The number of imide groups is 1. The molecule has 0 bridgehead atoms. The van der Waals surface area contributed by atoms with E-state index in [1.807, 2.05) is 30.3 Å². The minimum atomic E-state index is -0.921. The second-order valence-corrected chi connectivity index (χ2v) is 8.24. The monoisotopic (exact) mass is 441 g/mol. The van der Waals surface area contributed by atoms with Crippen molar-refractivity contribution in [3.63, 3.8) is 0 Å². The highest BCUT2D eigenvalue weighted by Gasteiger charge is 2.43. The molecule has 2 aliphatic rings. The predicted molar refractivity (Wildman–Crippen MR) is 113 cm³/mol. The number of ether oxygens (including phenoxy) is 1. The first-order valence-corrected chi connectivity index (χ1v) is 10.6. The van der Waals surface area contributed by atoms with Gasteiger partial charge in [0.2, 0.25) is 11.7 Å². The van der Waals surface area contributed by atoms with Crippen molar-refractivity contribution < 1.29 is 23.6 Å². The Morgan fingerprint density at radius 1 is 1.25 bits per heavy atom. The molecule has 3 atom stereocenters. The number of carbonyl (C=O) groups is 2. The van der Waals surface area contributed by atoms with E-state index in [4.69, 9.17) is 4.74 Å². The summed E-state index contributed by atoms with van der Waals surface area (Å²) >= 11 is 0. The van der Waals surface area contributed by atoms with Gasteiger partial charge in [-0.05, 0) is 55.5 Å². The lowest BCUT2D eigenvalue weighted by Gasteiger charge is -2.28. The molecule has 9 heteroatoms. The molecule has 4 rings (SSSR count). The van der Waals surface area contributed by atoms with Crippen LogP contribution in [0.2, 0.25) is 0 Å². The van der Waals surface area contributed by atoms with Crippen LogP contribution in [-0.2, 0) is 22.4 Å². The van der Waals surface area contributed by atoms with Crippen molar-refractivity contribution in [3.05, 3.63) is 75.6 Å². The van der Waals surface area contributed by atoms with Gasteiger partial charge >= 0.3 is 11.8 Å². The summed E-state index contributed by atoms with van der Waals surface area (Å²) in [5.41, 5.74) is 0.846. The number of rotatable bonds is 7. The molecule has 0 spiro atoms. The van der Waals surface area contributed by atoms with Gasteiger partial charge in [0.15, 0.2) is 0 Å². The molecule has 0 unspecified atom stereocenters. The third-order valence-electron chi connectivity index (χ3n) is 6.16. The van der Waals surface area contributed by atoms with E-state index in [0.717, 1.165) is 24.6 Å². The number of hydrogen-bond acceptors (Lipinski definition) is 6. The Kier molecular flexibility index (Phi) is 6.45. The zero-order valence-electron chi connectivity index (χ0n) is 17.4. The first kappa shape index (κ1) is 21.9. The maximum atomic E-state index is 13.8. The highest BCUT2D eigenvalue weighted by molar-refractivity contribution is 5.95. The van der Waals surface area contributed by atoms with Crippen molar-refractivity contribution in [2.24, 2.45) is 11.8 Å². The van der Waals surface area contributed by atoms with Crippen molar-refractivity contribution in [3.8, 4) is 0 Å². The predicted octanol–water partition coefficient (Wildman–Crippen LogP) is 3.09. The Morgan fingerprint density at radius 2 is 2.03 bits per heavy atom. The average Bonchev–Trinajstić information content (AvgIpc) is 3.43. The highest BCUT2D eigenvalue weighted by Crippen LogP contribution is 2.30. The Labute approximate surface area is 184 Å². The van der Waals surface area contributed by atoms with Crippen LogP contribution in [0.3, 0.4) is 0 Å². The normalized spacial score (nSPS) is 21.4. The molecule has 32 heavy (non-hydrogen) atoms. The standard InChI is InChI=1S/C23H24FN3O5/c24-20-7-6-16(12-21(20)27(30)31)11-19(17-8-9-25-13-17)22(28)26-18(14-32-23(26)29)10-15-4-2-1-3-5-15/h1-7,12,17-19,25H,8-11,13-14H2/t17-,18-,19-/m0/s1. The average molecular weight is 441 g/mol. The molecule has 2 aromatic carbocycles. The molecule has 2 amide bonds. The van der Waals surface area contributed by atoms with Gasteiger partial charge in [0.1, 0.15) is 6.61 Å². The van der Waals surface area contributed by atoms with Crippen LogP contribution >= 0.6 is 0 Å². The van der Waals surface area contributed by atoms with E-state index in [9.17, 15) is 24.1 Å². The van der Waals surface area contributed by atoms with Gasteiger partial charge in [-0.15, -0.1) is 0 Å². The van der Waals surface area contributed by atoms with Gasteiger partial charge in [-0.2, -0.15) is 4.39 Å². The maximum Gasteiger partial charge on any atom is 0.416 e. The second-order valence-electron chi connectivity index (χ2n) is 8.24. The molecule has 0 radical (unpaired) electrons. The minimum Gasteiger partial charge on any atom is -0.447 e. The number of nitrogens with zero attached hydrogens (tertiary/aromatic N) is 2. The Morgan fingerprint density at radius 3 is 2.72 bits per heavy atom. The Bertz CT molecular complexity index is 1010. The zero-order valence-corrected chi connectivity index (χ0v) is 17.4. The quantitative estimate of drug-likeness (QED) is 0.523. The number of benzene rings is 2. The fraction of sp³-hybridized carbons (Fsp3) is 0.391. The topological polar surface area (TPSA) is 102 Å². The Hall–Kier alpha value is -3.33. The lowest BCUT2D eigenvalue weighted by Crippen LogP contribution is -2.46. The number of cyclic esters (lactones) is 1. The van der Waals surface area contributed by atoms with E-state index >= 15 is 0 Å². The van der Waals surface area contributed by atoms with Crippen molar-refractivity contribution in [2.75, 3.05) is 19.7 Å². The SMILES string of the molecule is O=C1OC[C@H](Cc2ccccc2)N1C(=O)[C@@H](Cc1ccc(F)c([N+](=O)[O-])c1)[C@H]1CCNC1. The van der Waals surface area contributed by atoms with E-state index in [0.29, 0.717) is 18.5 Å². The van der Waals surface area contributed by atoms with Crippen LogP contribution in [0.15, 0.2) is 48.5 Å². The van der Waals surface area contributed by atoms with E-state index in [-0.39, 0.29) is 24.9 Å². The third-order valence-corrected chi connectivity index (χ3v) is 6.16. The Balaban J connectivity index is 1.59. The van der Waals surface area contributed by atoms with Crippen LogP contribution in [0.5, 0.6) is 0 Å². The fourth-order valence-electron chi connectivity index (χ4n) is 4.50. The molecule has 168 valence electrons. The van der Waals surface area contributed by atoms with Crippen LogP contribution in [0.25, 0.3) is 0 Å². The smallest absolute Gasteiger partial charge is 0.416 e. The van der Waals surface area contributed by atoms with Crippen LogP contribution < -0.4 is 5.32 Å². The fourth-order valence-corrected chi connectivity index (χ4v) is 4.50. The highest BCUT2D eigenvalue weighted by atomic mass is 19.1. The molecule has 8 nitrogen and oxygen atoms in total. The largest absolute Gasteiger partial charge is 0.447 e. The molecule has 2 saturated heterocycles. The van der Waals surface area contributed by atoms with Gasteiger partial charge in [0.25, 0.3) is 0 Å². The maximum absolute atomic E-state index is 13.8. The number of nitro groups is 1. The zero-order chi connectivity index (χ0) is 22.7. The minimum absolute atomic E-state index is 0.0441. The molecule has 0 saturated carbocycles. The molecule has 0 aliphatic carbocycles. The molecule has 0 aromatic heterocycles. The van der Waals surface area contributed by atoms with E-state index < -0.39 is 34.5 Å². The van der Waals surface area contributed by atoms with Gasteiger partial charge in [-0.25, -0.2) is 9.69 Å². The molecule has 2 heterocycles. The summed E-state index contributed by atoms with van der Waals surface area (Å²) in [6.07, 6.45) is 0.729. The third kappa shape index (κ3) is 4.62. The first-order chi connectivity index (χ1) is 15.4. The first-order valence-electron chi connectivity index (χ1n) is 10.6. The lowest BCUT2D eigenvalue weighted by atomic mass is 9.84. The number of carbonyl (C=O) groups excluding carboxylic acids is 2. The summed E-state index contributed by atoms with van der Waals surface area (Å²) in [6, 6.07) is 12.8. The van der Waals surface area contributed by atoms with E-state index in [1.165, 1.54) is 17.0 Å². The van der Waals surface area contributed by atoms with Crippen molar-refractivity contribution in [1.29, 1.82) is 0 Å². The van der Waals surface area contributed by atoms with Crippen molar-refractivity contribution in [2.45, 2.75) is 25.3 Å². The molecule has 2 aromatic rings. The van der Waals surface area contributed by atoms with E-state index in [1.54, 1.807) is 0 Å². The van der Waals surface area contributed by atoms with Gasteiger partial charge < -0.3 is 10.1 Å². The molecule has 2 aliphatic heterocycles. The summed E-state index contributed by atoms with van der Waals surface area (Å²) < 4.78 is 19.0.